The van der Waals surface area contributed by atoms with Crippen LogP contribution in [0.4, 0.5) is 0 Å². The van der Waals surface area contributed by atoms with Gasteiger partial charge >= 0.3 is 0 Å². The third kappa shape index (κ3) is 4.10. The molecule has 0 atom stereocenters. The first kappa shape index (κ1) is 19.8. The zero-order valence-electron chi connectivity index (χ0n) is 17.1. The highest BCUT2D eigenvalue weighted by molar-refractivity contribution is 5.96. The first-order valence-corrected chi connectivity index (χ1v) is 9.89. The predicted octanol–water partition coefficient (Wildman–Crippen LogP) is 1.60. The van der Waals surface area contributed by atoms with Gasteiger partial charge in [0.1, 0.15) is 5.56 Å². The third-order valence-corrected chi connectivity index (χ3v) is 5.43. The van der Waals surface area contributed by atoms with E-state index in [0.29, 0.717) is 42.7 Å². The number of rotatable bonds is 5. The Labute approximate surface area is 173 Å². The molecule has 0 aromatic carbocycles. The van der Waals surface area contributed by atoms with Crippen LogP contribution in [0.5, 0.6) is 5.88 Å². The van der Waals surface area contributed by atoms with E-state index in [-0.39, 0.29) is 11.5 Å². The lowest BCUT2D eigenvalue weighted by atomic mass is 9.96. The van der Waals surface area contributed by atoms with Gasteiger partial charge in [0.15, 0.2) is 0 Å². The molecule has 0 spiro atoms. The van der Waals surface area contributed by atoms with Crippen molar-refractivity contribution < 1.29 is 9.53 Å². The topological polar surface area (TPSA) is 95.1 Å². The summed E-state index contributed by atoms with van der Waals surface area (Å²) < 4.78 is 8.43. The molecular weight excluding hydrogens is 384 g/mol. The highest BCUT2D eigenvalue weighted by Crippen LogP contribution is 2.23. The number of hydrogen-bond donors (Lipinski definition) is 0. The molecule has 156 valence electrons. The van der Waals surface area contributed by atoms with Gasteiger partial charge in [-0.2, -0.15) is 0 Å². The van der Waals surface area contributed by atoms with Gasteiger partial charge in [-0.15, -0.1) is 5.10 Å². The van der Waals surface area contributed by atoms with Crippen molar-refractivity contribution >= 4 is 5.91 Å². The van der Waals surface area contributed by atoms with Crippen molar-refractivity contribution in [2.75, 3.05) is 20.2 Å². The molecule has 4 rings (SSSR count). The van der Waals surface area contributed by atoms with E-state index >= 15 is 0 Å². The molecular formula is C21H24N6O3. The Morgan fingerprint density at radius 2 is 1.97 bits per heavy atom. The molecule has 0 unspecified atom stereocenters. The summed E-state index contributed by atoms with van der Waals surface area (Å²) in [4.78, 5) is 35.6. The number of amides is 1. The smallest absolute Gasteiger partial charge is 0.260 e. The van der Waals surface area contributed by atoms with Gasteiger partial charge in [0.05, 0.1) is 19.1 Å². The SMILES string of the molecule is COc1nn(C)cc1C(=O)N1CCC(Cn2cnc(-c3ccncc3)cc2=O)CC1. The molecule has 0 radical (unpaired) electrons. The molecule has 1 aliphatic rings. The number of ether oxygens (including phenoxy) is 1. The van der Waals surface area contributed by atoms with E-state index < -0.39 is 0 Å². The van der Waals surface area contributed by atoms with E-state index in [1.165, 1.54) is 7.11 Å². The molecule has 0 bridgehead atoms. The highest BCUT2D eigenvalue weighted by Gasteiger charge is 2.27. The van der Waals surface area contributed by atoms with Crippen molar-refractivity contribution in [2.24, 2.45) is 13.0 Å². The number of aryl methyl sites for hydroxylation is 1. The van der Waals surface area contributed by atoms with E-state index in [9.17, 15) is 9.59 Å². The van der Waals surface area contributed by atoms with Crippen LogP contribution in [0.2, 0.25) is 0 Å². The number of nitrogens with zero attached hydrogens (tertiary/aromatic N) is 6. The Kier molecular flexibility index (Phi) is 5.60. The molecule has 1 fully saturated rings. The number of aromatic nitrogens is 5. The summed E-state index contributed by atoms with van der Waals surface area (Å²) in [7, 11) is 3.27. The van der Waals surface area contributed by atoms with Gasteiger partial charge in [-0.05, 0) is 30.9 Å². The van der Waals surface area contributed by atoms with Gasteiger partial charge < -0.3 is 9.64 Å². The zero-order valence-corrected chi connectivity index (χ0v) is 17.1. The minimum Gasteiger partial charge on any atom is -0.479 e. The van der Waals surface area contributed by atoms with Gasteiger partial charge in [-0.3, -0.25) is 23.8 Å². The second kappa shape index (κ2) is 8.48. The molecule has 9 nitrogen and oxygen atoms in total. The Morgan fingerprint density at radius 1 is 1.23 bits per heavy atom. The maximum absolute atomic E-state index is 12.8. The number of methoxy groups -OCH3 is 1. The summed E-state index contributed by atoms with van der Waals surface area (Å²) in [6, 6.07) is 5.22. The molecule has 0 saturated carbocycles. The summed E-state index contributed by atoms with van der Waals surface area (Å²) in [6.07, 6.45) is 8.30. The number of carbonyl (C=O) groups excluding carboxylic acids is 1. The molecule has 3 aromatic rings. The van der Waals surface area contributed by atoms with E-state index in [2.05, 4.69) is 15.1 Å². The summed E-state index contributed by atoms with van der Waals surface area (Å²) in [5.41, 5.74) is 1.91. The van der Waals surface area contributed by atoms with E-state index in [1.807, 2.05) is 17.0 Å². The molecule has 0 aliphatic carbocycles. The molecule has 1 amide bonds. The number of pyridine rings is 1. The van der Waals surface area contributed by atoms with Crippen molar-refractivity contribution in [1.29, 1.82) is 0 Å². The zero-order chi connectivity index (χ0) is 21.1. The fourth-order valence-electron chi connectivity index (χ4n) is 3.78. The van der Waals surface area contributed by atoms with Crippen molar-refractivity contribution in [1.82, 2.24) is 29.2 Å². The van der Waals surface area contributed by atoms with Gasteiger partial charge in [0.2, 0.25) is 5.88 Å². The summed E-state index contributed by atoms with van der Waals surface area (Å²) in [6.45, 7) is 1.87. The molecule has 0 N–H and O–H groups in total. The van der Waals surface area contributed by atoms with Crippen molar-refractivity contribution in [3.8, 4) is 17.1 Å². The maximum atomic E-state index is 12.8. The average Bonchev–Trinajstić information content (AvgIpc) is 3.16. The minimum absolute atomic E-state index is 0.0704. The second-order valence-corrected chi connectivity index (χ2v) is 7.46. The lowest BCUT2D eigenvalue weighted by molar-refractivity contribution is 0.0679. The molecule has 4 heterocycles. The maximum Gasteiger partial charge on any atom is 0.260 e. The molecule has 1 aliphatic heterocycles. The molecule has 1 saturated heterocycles. The van der Waals surface area contributed by atoms with Crippen LogP contribution in [0, 0.1) is 5.92 Å². The van der Waals surface area contributed by atoms with Gasteiger partial charge in [-0.1, -0.05) is 0 Å². The van der Waals surface area contributed by atoms with Gasteiger partial charge in [-0.25, -0.2) is 4.98 Å². The first-order valence-electron chi connectivity index (χ1n) is 9.89. The van der Waals surface area contributed by atoms with Crippen molar-refractivity contribution in [3.05, 3.63) is 59.0 Å². The monoisotopic (exact) mass is 408 g/mol. The number of piperidine rings is 1. The quantitative estimate of drug-likeness (QED) is 0.636. The lowest BCUT2D eigenvalue weighted by Crippen LogP contribution is -2.40. The highest BCUT2D eigenvalue weighted by atomic mass is 16.5. The Balaban J connectivity index is 1.38. The standard InChI is InChI=1S/C21H24N6O3/c1-25-13-17(20(24-25)30-2)21(29)26-9-5-15(6-10-26)12-27-14-23-18(11-19(27)28)16-3-7-22-8-4-16/h3-4,7-8,11,13-15H,5-6,9-10,12H2,1-2H3. The van der Waals surface area contributed by atoms with Crippen molar-refractivity contribution in [3.63, 3.8) is 0 Å². The number of carbonyl (C=O) groups is 1. The Hall–Kier alpha value is -3.49. The van der Waals surface area contributed by atoms with Crippen LogP contribution in [0.1, 0.15) is 23.2 Å². The number of likely N-dealkylation sites (tertiary alicyclic amines) is 1. The summed E-state index contributed by atoms with van der Waals surface area (Å²) in [5, 5.41) is 4.15. The molecule has 9 heteroatoms. The predicted molar refractivity (Wildman–Crippen MR) is 110 cm³/mol. The molecule has 30 heavy (non-hydrogen) atoms. The fraction of sp³-hybridized carbons (Fsp3) is 0.381. The normalized spacial score (nSPS) is 14.7. The third-order valence-electron chi connectivity index (χ3n) is 5.43. The average molecular weight is 408 g/mol. The summed E-state index contributed by atoms with van der Waals surface area (Å²) >= 11 is 0. The van der Waals surface area contributed by atoms with Crippen molar-refractivity contribution in [2.45, 2.75) is 19.4 Å². The van der Waals surface area contributed by atoms with E-state index in [1.54, 1.807) is 47.3 Å². The lowest BCUT2D eigenvalue weighted by Gasteiger charge is -2.32. The minimum atomic E-state index is -0.0737. The Bertz CT molecular complexity index is 1080. The van der Waals surface area contributed by atoms with Crippen LogP contribution < -0.4 is 10.3 Å². The van der Waals surface area contributed by atoms with Gasteiger partial charge in [0.25, 0.3) is 11.5 Å². The van der Waals surface area contributed by atoms with Crippen LogP contribution in [0.3, 0.4) is 0 Å². The summed E-state index contributed by atoms with van der Waals surface area (Å²) in [5.74, 6) is 0.589. The fourth-order valence-corrected chi connectivity index (χ4v) is 3.78. The van der Waals surface area contributed by atoms with Crippen LogP contribution >= 0.6 is 0 Å². The van der Waals surface area contributed by atoms with Crippen LogP contribution in [0.25, 0.3) is 11.3 Å². The van der Waals surface area contributed by atoms with E-state index in [0.717, 1.165) is 18.4 Å². The Morgan fingerprint density at radius 3 is 2.63 bits per heavy atom. The van der Waals surface area contributed by atoms with Gasteiger partial charge in [0, 0.05) is 56.9 Å². The van der Waals surface area contributed by atoms with Crippen LogP contribution in [-0.4, -0.2) is 55.3 Å². The first-order chi connectivity index (χ1) is 14.5. The molecule has 3 aromatic heterocycles. The number of hydrogen-bond acceptors (Lipinski definition) is 6. The van der Waals surface area contributed by atoms with Crippen LogP contribution in [0.15, 0.2) is 47.9 Å². The second-order valence-electron chi connectivity index (χ2n) is 7.46. The van der Waals surface area contributed by atoms with E-state index in [4.69, 9.17) is 4.74 Å². The van der Waals surface area contributed by atoms with Crippen LogP contribution in [-0.2, 0) is 13.6 Å². The largest absolute Gasteiger partial charge is 0.479 e.